The number of nitrogen functional groups attached to an aromatic ring is 1. The zero-order valence-electron chi connectivity index (χ0n) is 27.0. The van der Waals surface area contributed by atoms with Gasteiger partial charge in [0, 0.05) is 18.0 Å². The first kappa shape index (κ1) is 34.1. The molecule has 248 valence electrons. The van der Waals surface area contributed by atoms with Crippen molar-refractivity contribution in [2.24, 2.45) is 0 Å². The van der Waals surface area contributed by atoms with Crippen LogP contribution in [0.2, 0.25) is 0 Å². The number of nitrogens with zero attached hydrogens (tertiary/aromatic N) is 3. The minimum Gasteiger partial charge on any atom is -0.460 e. The lowest BCUT2D eigenvalue weighted by Crippen LogP contribution is -2.35. The highest BCUT2D eigenvalue weighted by molar-refractivity contribution is 7.52. The summed E-state index contributed by atoms with van der Waals surface area (Å²) in [7, 11) is -4.05. The van der Waals surface area contributed by atoms with Crippen molar-refractivity contribution in [3.8, 4) is 5.75 Å². The summed E-state index contributed by atoms with van der Waals surface area (Å²) in [5.41, 5.74) is 9.51. The lowest BCUT2D eigenvalue weighted by molar-refractivity contribution is -0.146. The average molecular weight is 660 g/mol. The van der Waals surface area contributed by atoms with E-state index in [0.29, 0.717) is 36.7 Å². The second-order valence-corrected chi connectivity index (χ2v) is 12.9. The Morgan fingerprint density at radius 1 is 0.936 bits per heavy atom. The smallest absolute Gasteiger partial charge is 0.459 e. The van der Waals surface area contributed by atoms with Gasteiger partial charge in [-0.25, -0.2) is 14.5 Å². The van der Waals surface area contributed by atoms with Crippen molar-refractivity contribution in [2.45, 2.75) is 65.3 Å². The number of aromatic nitrogens is 3. The predicted molar refractivity (Wildman–Crippen MR) is 183 cm³/mol. The van der Waals surface area contributed by atoms with Gasteiger partial charge in [0.25, 0.3) is 0 Å². The van der Waals surface area contributed by atoms with Crippen LogP contribution in [0.3, 0.4) is 0 Å². The van der Waals surface area contributed by atoms with Gasteiger partial charge in [0.2, 0.25) is 0 Å². The number of fused-ring (bicyclic) bond motifs is 3. The van der Waals surface area contributed by atoms with E-state index >= 15 is 0 Å². The second kappa shape index (κ2) is 16.0. The van der Waals surface area contributed by atoms with Gasteiger partial charge in [-0.05, 0) is 50.5 Å². The van der Waals surface area contributed by atoms with Gasteiger partial charge in [-0.3, -0.25) is 9.32 Å². The number of esters is 1. The van der Waals surface area contributed by atoms with E-state index in [9.17, 15) is 9.36 Å². The fraction of sp³-hybridized carbons (Fsp3) is 0.343. The third kappa shape index (κ3) is 8.55. The van der Waals surface area contributed by atoms with E-state index in [1.54, 1.807) is 31.2 Å². The van der Waals surface area contributed by atoms with Crippen LogP contribution in [0, 0.1) is 0 Å². The molecule has 12 heteroatoms. The van der Waals surface area contributed by atoms with Crippen molar-refractivity contribution in [3.63, 3.8) is 0 Å². The van der Waals surface area contributed by atoms with E-state index in [1.807, 2.05) is 67.6 Å². The van der Waals surface area contributed by atoms with Crippen LogP contribution in [0.4, 0.5) is 5.82 Å². The molecule has 5 rings (SSSR count). The fourth-order valence-electron chi connectivity index (χ4n) is 5.46. The van der Waals surface area contributed by atoms with Crippen molar-refractivity contribution >= 4 is 41.5 Å². The third-order valence-electron chi connectivity index (χ3n) is 7.66. The highest BCUT2D eigenvalue weighted by Crippen LogP contribution is 2.45. The third-order valence-corrected chi connectivity index (χ3v) is 9.34. The van der Waals surface area contributed by atoms with Crippen molar-refractivity contribution in [1.82, 2.24) is 19.6 Å². The highest BCUT2D eigenvalue weighted by Gasteiger charge is 2.33. The summed E-state index contributed by atoms with van der Waals surface area (Å²) >= 11 is 0. The molecule has 3 N–H and O–H groups in total. The largest absolute Gasteiger partial charge is 0.460 e. The normalized spacial score (nSPS) is 14.1. The number of anilines is 1. The average Bonchev–Trinajstić information content (AvgIpc) is 3.47. The van der Waals surface area contributed by atoms with Crippen molar-refractivity contribution < 1.29 is 27.9 Å². The molecule has 0 aliphatic rings. The highest BCUT2D eigenvalue weighted by atomic mass is 31.2. The Hall–Kier alpha value is -4.28. The van der Waals surface area contributed by atoms with Crippen molar-refractivity contribution in [3.05, 3.63) is 96.3 Å². The van der Waals surface area contributed by atoms with Crippen LogP contribution >= 0.6 is 7.75 Å². The van der Waals surface area contributed by atoms with E-state index in [2.05, 4.69) is 21.6 Å². The summed E-state index contributed by atoms with van der Waals surface area (Å²) in [6.45, 7) is 6.57. The van der Waals surface area contributed by atoms with Gasteiger partial charge in [-0.1, -0.05) is 80.1 Å². The molecule has 0 saturated carbocycles. The summed E-state index contributed by atoms with van der Waals surface area (Å²) < 4.78 is 39.6. The molecule has 0 radical (unpaired) electrons. The number of nitrogens with one attached hydrogen (secondary N) is 1. The Labute approximate surface area is 275 Å². The molecule has 5 aromatic rings. The standard InChI is InChI=1S/C35H42N5O6P/c1-4-14-27(40-31(24-43-5-2)38-32-33(40)29-19-12-13-20-30(29)37-34(32)36)21-22-45-47(42,46-28-17-10-7-11-18-28)39-25(3)35(41)44-23-26-15-8-6-9-16-26/h6-13,15-20,25,27H,4-5,14,21-24H2,1-3H3,(H2,36,37)(H,39,42)/t25-,27+,47+/m0/s1. The topological polar surface area (TPSA) is 140 Å². The van der Waals surface area contributed by atoms with Gasteiger partial charge in [0.1, 0.15) is 36.3 Å². The molecule has 0 aliphatic heterocycles. The molecule has 0 saturated heterocycles. The Morgan fingerprint density at radius 2 is 1.64 bits per heavy atom. The Balaban J connectivity index is 1.39. The number of rotatable bonds is 17. The molecule has 2 aromatic heterocycles. The molecule has 47 heavy (non-hydrogen) atoms. The Kier molecular flexibility index (Phi) is 11.6. The van der Waals surface area contributed by atoms with Gasteiger partial charge in [-0.2, -0.15) is 5.09 Å². The monoisotopic (exact) mass is 659 g/mol. The van der Waals surface area contributed by atoms with E-state index in [1.165, 1.54) is 0 Å². The summed E-state index contributed by atoms with van der Waals surface area (Å²) in [6.07, 6.45) is 2.12. The Bertz CT molecular complexity index is 1820. The maximum Gasteiger partial charge on any atom is 0.459 e. The first-order valence-electron chi connectivity index (χ1n) is 15.9. The van der Waals surface area contributed by atoms with Gasteiger partial charge in [0.15, 0.2) is 5.82 Å². The molecule has 0 unspecified atom stereocenters. The summed E-state index contributed by atoms with van der Waals surface area (Å²) in [5.74, 6) is 0.829. The number of benzene rings is 3. The van der Waals surface area contributed by atoms with E-state index in [-0.39, 0.29) is 19.3 Å². The number of carbonyl (C=O) groups is 1. The number of imidazole rings is 1. The molecular formula is C35H42N5O6P. The first-order chi connectivity index (χ1) is 22.8. The maximum atomic E-state index is 14.2. The molecule has 3 aromatic carbocycles. The molecule has 0 fully saturated rings. The molecule has 0 bridgehead atoms. The minimum absolute atomic E-state index is 0.0554. The van der Waals surface area contributed by atoms with E-state index < -0.39 is 19.8 Å². The number of nitrogens with two attached hydrogens (primary N) is 1. The SMILES string of the molecule is CCC[C@H](CCO[P@](=O)(N[C@@H](C)C(=O)OCc1ccccc1)Oc1ccccc1)n1c(COCC)nc2c(N)nc3ccccc3c21. The number of ether oxygens (including phenoxy) is 2. The second-order valence-electron chi connectivity index (χ2n) is 11.2. The molecule has 2 heterocycles. The van der Waals surface area contributed by atoms with Crippen LogP contribution in [0.1, 0.15) is 57.5 Å². The first-order valence-corrected chi connectivity index (χ1v) is 17.5. The lowest BCUT2D eigenvalue weighted by atomic mass is 10.1. The molecule has 3 atom stereocenters. The molecule has 0 spiro atoms. The van der Waals surface area contributed by atoms with Crippen LogP contribution in [0.15, 0.2) is 84.9 Å². The van der Waals surface area contributed by atoms with Gasteiger partial charge in [-0.15, -0.1) is 0 Å². The summed E-state index contributed by atoms with van der Waals surface area (Å²) in [4.78, 5) is 22.4. The van der Waals surface area contributed by atoms with Gasteiger partial charge < -0.3 is 24.3 Å². The number of pyridine rings is 1. The lowest BCUT2D eigenvalue weighted by Gasteiger charge is -2.25. The quantitative estimate of drug-likeness (QED) is 0.0769. The number of carbonyl (C=O) groups excluding carboxylic acids is 1. The predicted octanol–water partition coefficient (Wildman–Crippen LogP) is 7.36. The molecular weight excluding hydrogens is 617 g/mol. The minimum atomic E-state index is -4.05. The van der Waals surface area contributed by atoms with Crippen LogP contribution in [-0.2, 0) is 36.6 Å². The van der Waals surface area contributed by atoms with Crippen LogP contribution in [0.25, 0.3) is 21.9 Å². The van der Waals surface area contributed by atoms with Gasteiger partial charge in [0.05, 0.1) is 17.6 Å². The zero-order valence-corrected chi connectivity index (χ0v) is 27.9. The van der Waals surface area contributed by atoms with Crippen molar-refractivity contribution in [2.75, 3.05) is 18.9 Å². The Morgan fingerprint density at radius 3 is 2.36 bits per heavy atom. The number of hydrogen-bond donors (Lipinski definition) is 2. The molecule has 0 aliphatic carbocycles. The maximum absolute atomic E-state index is 14.2. The molecule has 11 nitrogen and oxygen atoms in total. The number of hydrogen-bond acceptors (Lipinski definition) is 9. The van der Waals surface area contributed by atoms with Gasteiger partial charge >= 0.3 is 13.7 Å². The van der Waals surface area contributed by atoms with E-state index in [0.717, 1.165) is 40.6 Å². The van der Waals surface area contributed by atoms with Crippen LogP contribution < -0.4 is 15.3 Å². The van der Waals surface area contributed by atoms with E-state index in [4.69, 9.17) is 29.2 Å². The summed E-state index contributed by atoms with van der Waals surface area (Å²) in [5, 5.41) is 3.72. The molecule has 0 amide bonds. The van der Waals surface area contributed by atoms with Crippen LogP contribution in [-0.4, -0.2) is 39.8 Å². The number of para-hydroxylation sites is 2. The van der Waals surface area contributed by atoms with Crippen molar-refractivity contribution in [1.29, 1.82) is 0 Å². The zero-order chi connectivity index (χ0) is 33.2. The fourth-order valence-corrected chi connectivity index (χ4v) is 6.96. The van der Waals surface area contributed by atoms with Crippen LogP contribution in [0.5, 0.6) is 5.75 Å². The summed E-state index contributed by atoms with van der Waals surface area (Å²) in [6, 6.07) is 24.8.